The van der Waals surface area contributed by atoms with Crippen LogP contribution in [0.25, 0.3) is 0 Å². The van der Waals surface area contributed by atoms with Gasteiger partial charge in [-0.3, -0.25) is 9.59 Å². The number of Topliss-reactive ketones (excluding diaryl/α,β-unsaturated/α-hetero) is 2. The van der Waals surface area contributed by atoms with Crippen molar-refractivity contribution in [3.05, 3.63) is 64.7 Å². The number of aliphatic hydroxyl groups excluding tert-OH is 1. The van der Waals surface area contributed by atoms with Gasteiger partial charge in [-0.05, 0) is 18.6 Å². The molecule has 4 heteroatoms. The Morgan fingerprint density at radius 2 is 1.76 bits per heavy atom. The van der Waals surface area contributed by atoms with Crippen LogP contribution in [-0.4, -0.2) is 22.8 Å². The normalized spacial score (nSPS) is 17.0. The second kappa shape index (κ2) is 5.14. The molecule has 0 spiro atoms. The van der Waals surface area contributed by atoms with E-state index in [9.17, 15) is 14.7 Å². The standard InChI is InChI=1S/C17H14O4/c1-10-5-7-11(8-6-10)9-21-13-4-2-3-12-14(13)16(19)17(20)15(12)18/h2-8,17,20H,9H2,1H3. The van der Waals surface area contributed by atoms with Gasteiger partial charge in [-0.1, -0.05) is 42.0 Å². The number of aliphatic hydroxyl groups is 1. The summed E-state index contributed by atoms with van der Waals surface area (Å²) in [6.45, 7) is 2.30. The summed E-state index contributed by atoms with van der Waals surface area (Å²) in [5.41, 5.74) is 2.54. The van der Waals surface area contributed by atoms with Gasteiger partial charge < -0.3 is 9.84 Å². The number of ether oxygens (including phenoxy) is 1. The van der Waals surface area contributed by atoms with Gasteiger partial charge in [-0.15, -0.1) is 0 Å². The van der Waals surface area contributed by atoms with E-state index in [0.717, 1.165) is 11.1 Å². The highest BCUT2D eigenvalue weighted by Crippen LogP contribution is 2.31. The van der Waals surface area contributed by atoms with Crippen LogP contribution in [0.15, 0.2) is 42.5 Å². The van der Waals surface area contributed by atoms with Crippen LogP contribution >= 0.6 is 0 Å². The van der Waals surface area contributed by atoms with Gasteiger partial charge in [0.05, 0.1) is 5.56 Å². The van der Waals surface area contributed by atoms with E-state index < -0.39 is 17.7 Å². The summed E-state index contributed by atoms with van der Waals surface area (Å²) in [6.07, 6.45) is -1.59. The molecule has 1 aliphatic carbocycles. The smallest absolute Gasteiger partial charge is 0.203 e. The maximum absolute atomic E-state index is 11.9. The van der Waals surface area contributed by atoms with E-state index >= 15 is 0 Å². The Kier molecular flexibility index (Phi) is 3.31. The Labute approximate surface area is 122 Å². The van der Waals surface area contributed by atoms with Gasteiger partial charge in [-0.2, -0.15) is 0 Å². The van der Waals surface area contributed by atoms with E-state index in [0.29, 0.717) is 12.4 Å². The van der Waals surface area contributed by atoms with Crippen LogP contribution < -0.4 is 4.74 Å². The van der Waals surface area contributed by atoms with Crippen molar-refractivity contribution in [1.29, 1.82) is 0 Å². The first-order valence-corrected chi connectivity index (χ1v) is 6.66. The highest BCUT2D eigenvalue weighted by Gasteiger charge is 2.39. The average molecular weight is 282 g/mol. The summed E-state index contributed by atoms with van der Waals surface area (Å²) >= 11 is 0. The molecule has 0 aromatic heterocycles. The number of rotatable bonds is 3. The third kappa shape index (κ3) is 2.34. The molecule has 21 heavy (non-hydrogen) atoms. The van der Waals surface area contributed by atoms with Crippen LogP contribution in [0.5, 0.6) is 5.75 Å². The summed E-state index contributed by atoms with van der Waals surface area (Å²) in [5.74, 6) is -0.812. The minimum atomic E-state index is -1.59. The molecule has 0 saturated carbocycles. The van der Waals surface area contributed by atoms with Gasteiger partial charge in [-0.25, -0.2) is 0 Å². The Morgan fingerprint density at radius 1 is 1.05 bits per heavy atom. The molecule has 2 aromatic carbocycles. The SMILES string of the molecule is Cc1ccc(COc2cccc3c2C(=O)C(O)C3=O)cc1. The Bertz CT molecular complexity index is 716. The zero-order valence-electron chi connectivity index (χ0n) is 11.5. The number of hydrogen-bond acceptors (Lipinski definition) is 4. The van der Waals surface area contributed by atoms with Gasteiger partial charge in [0.1, 0.15) is 12.4 Å². The van der Waals surface area contributed by atoms with Crippen molar-refractivity contribution in [1.82, 2.24) is 0 Å². The predicted octanol–water partition coefficient (Wildman–Crippen LogP) is 2.31. The van der Waals surface area contributed by atoms with E-state index in [1.54, 1.807) is 12.1 Å². The topological polar surface area (TPSA) is 63.6 Å². The van der Waals surface area contributed by atoms with E-state index in [-0.39, 0.29) is 11.1 Å². The molecule has 1 N–H and O–H groups in total. The fraction of sp³-hybridized carbons (Fsp3) is 0.176. The number of carbonyl (C=O) groups is 2. The maximum Gasteiger partial charge on any atom is 0.203 e. The highest BCUT2D eigenvalue weighted by molar-refractivity contribution is 6.29. The summed E-state index contributed by atoms with van der Waals surface area (Å²) in [4.78, 5) is 23.7. The number of aryl methyl sites for hydroxylation is 1. The van der Waals surface area contributed by atoms with E-state index in [1.165, 1.54) is 6.07 Å². The van der Waals surface area contributed by atoms with Crippen molar-refractivity contribution >= 4 is 11.6 Å². The predicted molar refractivity (Wildman–Crippen MR) is 76.6 cm³/mol. The van der Waals surface area contributed by atoms with Crippen LogP contribution in [0.4, 0.5) is 0 Å². The monoisotopic (exact) mass is 282 g/mol. The summed E-state index contributed by atoms with van der Waals surface area (Å²) in [7, 11) is 0. The number of benzene rings is 2. The first-order chi connectivity index (χ1) is 10.1. The molecular weight excluding hydrogens is 268 g/mol. The fourth-order valence-electron chi connectivity index (χ4n) is 2.36. The molecule has 0 fully saturated rings. The molecule has 0 aliphatic heterocycles. The van der Waals surface area contributed by atoms with E-state index in [4.69, 9.17) is 4.74 Å². The lowest BCUT2D eigenvalue weighted by Crippen LogP contribution is -2.20. The summed E-state index contributed by atoms with van der Waals surface area (Å²) in [6, 6.07) is 12.7. The molecule has 0 heterocycles. The zero-order chi connectivity index (χ0) is 15.0. The Morgan fingerprint density at radius 3 is 2.48 bits per heavy atom. The largest absolute Gasteiger partial charge is 0.488 e. The quantitative estimate of drug-likeness (QED) is 0.877. The van der Waals surface area contributed by atoms with Crippen LogP contribution in [-0.2, 0) is 6.61 Å². The number of carbonyl (C=O) groups excluding carboxylic acids is 2. The number of hydrogen-bond donors (Lipinski definition) is 1. The van der Waals surface area contributed by atoms with Gasteiger partial charge in [0.2, 0.25) is 5.78 Å². The first-order valence-electron chi connectivity index (χ1n) is 6.66. The van der Waals surface area contributed by atoms with Crippen LogP contribution in [0, 0.1) is 6.92 Å². The molecule has 1 atom stereocenters. The van der Waals surface area contributed by atoms with Gasteiger partial charge in [0.15, 0.2) is 11.9 Å². The van der Waals surface area contributed by atoms with Crippen molar-refractivity contribution in [2.24, 2.45) is 0 Å². The molecule has 1 unspecified atom stereocenters. The van der Waals surface area contributed by atoms with Crippen LogP contribution in [0.2, 0.25) is 0 Å². The lowest BCUT2D eigenvalue weighted by atomic mass is 10.1. The van der Waals surface area contributed by atoms with Gasteiger partial charge in [0, 0.05) is 5.56 Å². The Balaban J connectivity index is 1.86. The molecule has 0 radical (unpaired) electrons. The van der Waals surface area contributed by atoms with Crippen molar-refractivity contribution in [3.8, 4) is 5.75 Å². The second-order valence-electron chi connectivity index (χ2n) is 5.08. The summed E-state index contributed by atoms with van der Waals surface area (Å²) in [5, 5.41) is 9.57. The van der Waals surface area contributed by atoms with E-state index in [2.05, 4.69) is 0 Å². The molecule has 2 aromatic rings. The maximum atomic E-state index is 11.9. The second-order valence-corrected chi connectivity index (χ2v) is 5.08. The van der Waals surface area contributed by atoms with E-state index in [1.807, 2.05) is 31.2 Å². The highest BCUT2D eigenvalue weighted by atomic mass is 16.5. The molecule has 0 saturated heterocycles. The third-order valence-corrected chi connectivity index (χ3v) is 3.55. The molecule has 106 valence electrons. The minimum absolute atomic E-state index is 0.183. The van der Waals surface area contributed by atoms with Gasteiger partial charge >= 0.3 is 0 Å². The molecular formula is C17H14O4. The molecule has 3 rings (SSSR count). The molecule has 4 nitrogen and oxygen atoms in total. The zero-order valence-corrected chi connectivity index (χ0v) is 11.5. The molecule has 1 aliphatic rings. The number of fused-ring (bicyclic) bond motifs is 1. The minimum Gasteiger partial charge on any atom is -0.488 e. The summed E-state index contributed by atoms with van der Waals surface area (Å²) < 4.78 is 5.66. The van der Waals surface area contributed by atoms with Crippen LogP contribution in [0.1, 0.15) is 31.8 Å². The third-order valence-electron chi connectivity index (χ3n) is 3.55. The lowest BCUT2D eigenvalue weighted by molar-refractivity contribution is 0.0662. The fourth-order valence-corrected chi connectivity index (χ4v) is 2.36. The molecule has 0 amide bonds. The number of ketones is 2. The van der Waals surface area contributed by atoms with Crippen molar-refractivity contribution in [2.45, 2.75) is 19.6 Å². The Hall–Kier alpha value is -2.46. The van der Waals surface area contributed by atoms with Crippen molar-refractivity contribution < 1.29 is 19.4 Å². The van der Waals surface area contributed by atoms with Crippen LogP contribution in [0.3, 0.4) is 0 Å². The lowest BCUT2D eigenvalue weighted by Gasteiger charge is -2.09. The van der Waals surface area contributed by atoms with Crippen molar-refractivity contribution in [3.63, 3.8) is 0 Å². The molecule has 0 bridgehead atoms. The first kappa shape index (κ1) is 13.5. The van der Waals surface area contributed by atoms with Crippen molar-refractivity contribution in [2.75, 3.05) is 0 Å². The van der Waals surface area contributed by atoms with Gasteiger partial charge in [0.25, 0.3) is 0 Å². The average Bonchev–Trinajstić information content (AvgIpc) is 2.72.